The van der Waals surface area contributed by atoms with E-state index in [4.69, 9.17) is 10.2 Å². The second-order valence-electron chi connectivity index (χ2n) is 10.2. The number of rotatable bonds is 9. The average molecular weight is 559 g/mol. The van der Waals surface area contributed by atoms with Crippen LogP contribution in [0.4, 0.5) is 15.8 Å². The fraction of sp³-hybridized carbons (Fsp3) is 0.333. The van der Waals surface area contributed by atoms with Crippen molar-refractivity contribution in [3.05, 3.63) is 83.4 Å². The molecule has 0 atom stereocenters. The van der Waals surface area contributed by atoms with Crippen LogP contribution in [-0.4, -0.2) is 38.2 Å². The topological polar surface area (TPSA) is 95.4 Å². The summed E-state index contributed by atoms with van der Waals surface area (Å²) in [5.41, 5.74) is 4.94. The van der Waals surface area contributed by atoms with E-state index in [0.717, 1.165) is 22.4 Å². The van der Waals surface area contributed by atoms with Crippen LogP contribution in [0.2, 0.25) is 0 Å². The number of nitrogens with zero attached hydrogens (tertiary/aromatic N) is 2. The van der Waals surface area contributed by atoms with Gasteiger partial charge < -0.3 is 20.4 Å². The number of anilines is 2. The van der Waals surface area contributed by atoms with E-state index in [1.165, 1.54) is 36.1 Å². The van der Waals surface area contributed by atoms with Gasteiger partial charge in [0, 0.05) is 36.3 Å². The lowest BCUT2D eigenvalue weighted by molar-refractivity contribution is -0.126. The monoisotopic (exact) mass is 558 g/mol. The fourth-order valence-corrected chi connectivity index (χ4v) is 5.38. The molecule has 2 fully saturated rings. The average Bonchev–Trinajstić information content (AvgIpc) is 3.67. The Balaban J connectivity index is 0.000000347. The molecule has 0 radical (unpaired) electrons. The van der Waals surface area contributed by atoms with E-state index in [1.807, 2.05) is 49.4 Å². The maximum atomic E-state index is 14.8. The summed E-state index contributed by atoms with van der Waals surface area (Å²) in [7, 11) is 3.10. The lowest BCUT2D eigenvalue weighted by Gasteiger charge is -2.18. The van der Waals surface area contributed by atoms with Gasteiger partial charge in [-0.05, 0) is 66.1 Å². The van der Waals surface area contributed by atoms with E-state index < -0.39 is 5.82 Å². The summed E-state index contributed by atoms with van der Waals surface area (Å²) in [6, 6.07) is 12.4. The molecule has 2 N–H and O–H groups in total. The number of carbonyl (C=O) groups is 2. The summed E-state index contributed by atoms with van der Waals surface area (Å²) < 4.78 is 18.7. The van der Waals surface area contributed by atoms with Crippen molar-refractivity contribution in [3.63, 3.8) is 0 Å². The SMILES string of the molecule is C/C=C/c1cncc(N(C=O)Cc2ccc(-c3ccc(NC)c(C=N)c3)cc2F)c1.C1CC2CCC1C2.COC=O. The van der Waals surface area contributed by atoms with Crippen LogP contribution in [0.1, 0.15) is 55.7 Å². The summed E-state index contributed by atoms with van der Waals surface area (Å²) in [6.07, 6.45) is 16.8. The normalized spacial score (nSPS) is 16.6. The minimum Gasteiger partial charge on any atom is -0.471 e. The summed E-state index contributed by atoms with van der Waals surface area (Å²) >= 11 is 0. The summed E-state index contributed by atoms with van der Waals surface area (Å²) in [5, 5.41) is 10.6. The first-order chi connectivity index (χ1) is 20.0. The standard InChI is InChI=1S/C24H23FN4O.C7H12.C2H4O2/c1-3-4-17-9-22(14-28-13-17)29(16-30)15-20-6-5-19(11-23(20)25)18-7-8-24(27-2)21(10-18)12-26;1-2-7-4-3-6(1)5-7;1-4-2-3/h3-14,16,26-27H,15H2,1-2H3;6-7H,1-5H2;2H,1H3/b4-3+,26-12?;;. The number of hydrogen-bond donors (Lipinski definition) is 2. The van der Waals surface area contributed by atoms with Crippen molar-refractivity contribution in [2.45, 2.75) is 45.6 Å². The van der Waals surface area contributed by atoms with Crippen LogP contribution in [0.25, 0.3) is 17.2 Å². The highest BCUT2D eigenvalue weighted by Crippen LogP contribution is 2.43. The zero-order valence-corrected chi connectivity index (χ0v) is 24.0. The number of carbonyl (C=O) groups excluding carboxylic acids is 2. The van der Waals surface area contributed by atoms with Crippen molar-refractivity contribution < 1.29 is 18.7 Å². The second-order valence-corrected chi connectivity index (χ2v) is 10.2. The Labute approximate surface area is 242 Å². The van der Waals surface area contributed by atoms with Crippen LogP contribution < -0.4 is 10.2 Å². The molecule has 1 aromatic heterocycles. The molecule has 1 heterocycles. The summed E-state index contributed by atoms with van der Waals surface area (Å²) in [6.45, 7) is 2.37. The van der Waals surface area contributed by atoms with E-state index in [-0.39, 0.29) is 6.54 Å². The van der Waals surface area contributed by atoms with Gasteiger partial charge in [-0.2, -0.15) is 0 Å². The van der Waals surface area contributed by atoms with Crippen molar-refractivity contribution in [1.29, 1.82) is 5.41 Å². The molecular formula is C33H39FN4O3. The maximum Gasteiger partial charge on any atom is 0.292 e. The number of fused-ring (bicyclic) bond motifs is 2. The van der Waals surface area contributed by atoms with E-state index in [9.17, 15) is 9.18 Å². The van der Waals surface area contributed by atoms with Crippen molar-refractivity contribution in [2.24, 2.45) is 11.8 Å². The lowest BCUT2D eigenvalue weighted by atomic mass is 10.0. The molecule has 3 aromatic rings. The first-order valence-corrected chi connectivity index (χ1v) is 13.8. The van der Waals surface area contributed by atoms with Crippen LogP contribution in [0.15, 0.2) is 60.9 Å². The first kappa shape index (κ1) is 31.2. The zero-order chi connectivity index (χ0) is 29.6. The molecule has 1 amide bonds. The number of halogens is 1. The van der Waals surface area contributed by atoms with Crippen LogP contribution in [0, 0.1) is 23.1 Å². The third-order valence-corrected chi connectivity index (χ3v) is 7.50. The van der Waals surface area contributed by atoms with Gasteiger partial charge >= 0.3 is 0 Å². The van der Waals surface area contributed by atoms with Gasteiger partial charge in [0.2, 0.25) is 6.41 Å². The summed E-state index contributed by atoms with van der Waals surface area (Å²) in [4.78, 5) is 26.2. The minimum atomic E-state index is -0.397. The van der Waals surface area contributed by atoms with Crippen LogP contribution in [0.3, 0.4) is 0 Å². The van der Waals surface area contributed by atoms with Gasteiger partial charge in [-0.1, -0.05) is 56.0 Å². The Kier molecular flexibility index (Phi) is 12.2. The number of amides is 1. The van der Waals surface area contributed by atoms with E-state index >= 15 is 0 Å². The third-order valence-electron chi connectivity index (χ3n) is 7.50. The molecule has 0 spiro atoms. The van der Waals surface area contributed by atoms with Crippen LogP contribution in [0.5, 0.6) is 0 Å². The molecule has 216 valence electrons. The minimum absolute atomic E-state index is 0.0982. The van der Waals surface area contributed by atoms with Crippen molar-refractivity contribution >= 4 is 36.5 Å². The predicted molar refractivity (Wildman–Crippen MR) is 164 cm³/mol. The number of benzene rings is 2. The molecule has 2 bridgehead atoms. The largest absolute Gasteiger partial charge is 0.471 e. The highest BCUT2D eigenvalue weighted by atomic mass is 19.1. The van der Waals surface area contributed by atoms with E-state index in [2.05, 4.69) is 15.0 Å². The number of nitrogens with one attached hydrogen (secondary N) is 2. The van der Waals surface area contributed by atoms with E-state index in [0.29, 0.717) is 29.7 Å². The summed E-state index contributed by atoms with van der Waals surface area (Å²) in [5.74, 6) is 1.95. The number of pyridine rings is 1. The number of allylic oxidation sites excluding steroid dienone is 1. The Morgan fingerprint density at radius 3 is 2.22 bits per heavy atom. The van der Waals surface area contributed by atoms with E-state index in [1.54, 1.807) is 57.6 Å². The molecule has 2 aliphatic carbocycles. The fourth-order valence-electron chi connectivity index (χ4n) is 5.38. The molecule has 41 heavy (non-hydrogen) atoms. The molecule has 2 aliphatic rings. The molecule has 7 nitrogen and oxygen atoms in total. The number of ether oxygens (including phenoxy) is 1. The predicted octanol–water partition coefficient (Wildman–Crippen LogP) is 7.11. The third kappa shape index (κ3) is 8.83. The zero-order valence-electron chi connectivity index (χ0n) is 24.0. The quantitative estimate of drug-likeness (QED) is 0.216. The molecular weight excluding hydrogens is 519 g/mol. The second kappa shape index (κ2) is 16.1. The van der Waals surface area contributed by atoms with Gasteiger partial charge in [0.1, 0.15) is 5.82 Å². The Hall–Kier alpha value is -4.33. The molecule has 2 saturated carbocycles. The molecule has 5 rings (SSSR count). The Morgan fingerprint density at radius 1 is 1.05 bits per heavy atom. The van der Waals surface area contributed by atoms with Gasteiger partial charge in [0.25, 0.3) is 6.47 Å². The molecule has 0 unspecified atom stereocenters. The highest BCUT2D eigenvalue weighted by Gasteiger charge is 2.30. The van der Waals surface area contributed by atoms with Gasteiger partial charge in [-0.15, -0.1) is 0 Å². The smallest absolute Gasteiger partial charge is 0.292 e. The van der Waals surface area contributed by atoms with Gasteiger partial charge in [0.05, 0.1) is 25.5 Å². The Morgan fingerprint density at radius 2 is 1.71 bits per heavy atom. The van der Waals surface area contributed by atoms with Gasteiger partial charge in [-0.25, -0.2) is 4.39 Å². The van der Waals surface area contributed by atoms with Crippen LogP contribution >= 0.6 is 0 Å². The molecule has 0 aliphatic heterocycles. The first-order valence-electron chi connectivity index (χ1n) is 13.8. The van der Waals surface area contributed by atoms with Gasteiger partial charge in [-0.3, -0.25) is 14.6 Å². The Bertz CT molecular complexity index is 1330. The van der Waals surface area contributed by atoms with Gasteiger partial charge in [0.15, 0.2) is 0 Å². The maximum absolute atomic E-state index is 14.8. The number of aromatic nitrogens is 1. The molecule has 0 saturated heterocycles. The number of methoxy groups -OCH3 is 1. The lowest BCUT2D eigenvalue weighted by Crippen LogP contribution is -2.21. The van der Waals surface area contributed by atoms with Crippen molar-refractivity contribution in [3.8, 4) is 11.1 Å². The molecule has 8 heteroatoms. The molecule has 2 aromatic carbocycles. The number of hydrogen-bond acceptors (Lipinski definition) is 6. The van der Waals surface area contributed by atoms with Crippen molar-refractivity contribution in [1.82, 2.24) is 4.98 Å². The van der Waals surface area contributed by atoms with Crippen molar-refractivity contribution in [2.75, 3.05) is 24.4 Å². The van der Waals surface area contributed by atoms with Crippen LogP contribution in [-0.2, 0) is 20.9 Å². The highest BCUT2D eigenvalue weighted by molar-refractivity contribution is 5.88.